The molecule has 1 aromatic heterocycles. The van der Waals surface area contributed by atoms with Crippen molar-refractivity contribution in [3.05, 3.63) is 70.2 Å². The van der Waals surface area contributed by atoms with E-state index >= 15 is 0 Å². The number of pyridine rings is 1. The fourth-order valence-electron chi connectivity index (χ4n) is 6.47. The number of methoxy groups -OCH3 is 2. The average Bonchev–Trinajstić information content (AvgIpc) is 3.05. The van der Waals surface area contributed by atoms with Gasteiger partial charge < -0.3 is 24.2 Å². The number of carbonyl (C=O) groups is 1. The summed E-state index contributed by atoms with van der Waals surface area (Å²) in [6.45, 7) is 5.61. The van der Waals surface area contributed by atoms with Crippen LogP contribution in [0.25, 0.3) is 11.3 Å². The van der Waals surface area contributed by atoms with E-state index in [1.807, 2.05) is 36.4 Å². The van der Waals surface area contributed by atoms with Crippen LogP contribution in [-0.2, 0) is 29.1 Å². The molecule has 10 heteroatoms. The van der Waals surface area contributed by atoms with E-state index in [0.717, 1.165) is 58.7 Å². The van der Waals surface area contributed by atoms with Crippen molar-refractivity contribution < 1.29 is 24.1 Å². The first-order valence-corrected chi connectivity index (χ1v) is 17.1. The number of anilines is 1. The lowest BCUT2D eigenvalue weighted by Gasteiger charge is -2.36. The third-order valence-electron chi connectivity index (χ3n) is 8.90. The molecular formula is C34H41ClIN3O5. The molecule has 1 saturated heterocycles. The molecule has 236 valence electrons. The normalized spacial score (nSPS) is 19.3. The van der Waals surface area contributed by atoms with Crippen LogP contribution in [0.5, 0.6) is 11.5 Å². The Kier molecular flexibility index (Phi) is 11.3. The maximum absolute atomic E-state index is 11.7. The van der Waals surface area contributed by atoms with E-state index in [-0.39, 0.29) is 0 Å². The van der Waals surface area contributed by atoms with Gasteiger partial charge in [0.25, 0.3) is 0 Å². The summed E-state index contributed by atoms with van der Waals surface area (Å²) >= 11 is 9.19. The molecule has 2 aromatic carbocycles. The van der Waals surface area contributed by atoms with Gasteiger partial charge in [-0.25, -0.2) is 4.98 Å². The molecule has 3 heterocycles. The number of ether oxygens (including phenoxy) is 3. The number of para-hydroxylation sites is 1. The van der Waals surface area contributed by atoms with Gasteiger partial charge in [-0.05, 0) is 67.1 Å². The number of carboxylic acid groups (broad SMARTS) is 1. The molecule has 1 unspecified atom stereocenters. The molecule has 0 radical (unpaired) electrons. The number of fused-ring (bicyclic) bond motifs is 1. The van der Waals surface area contributed by atoms with Gasteiger partial charge in [0.15, 0.2) is 0 Å². The summed E-state index contributed by atoms with van der Waals surface area (Å²) in [4.78, 5) is 21.3. The smallest absolute Gasteiger partial charge is 0.309 e. The monoisotopic (exact) mass is 733 g/mol. The minimum atomic E-state index is -0.825. The molecule has 1 fully saturated rings. The van der Waals surface area contributed by atoms with Crippen molar-refractivity contribution in [3.63, 3.8) is 0 Å². The van der Waals surface area contributed by atoms with Crippen molar-refractivity contribution in [2.45, 2.75) is 57.9 Å². The lowest BCUT2D eigenvalue weighted by Crippen LogP contribution is -2.47. The second-order valence-electron chi connectivity index (χ2n) is 11.4. The first kappa shape index (κ1) is 32.8. The highest BCUT2D eigenvalue weighted by Gasteiger charge is 2.35. The molecular weight excluding hydrogens is 693 g/mol. The zero-order chi connectivity index (χ0) is 31.2. The van der Waals surface area contributed by atoms with Gasteiger partial charge in [-0.2, -0.15) is 0 Å². The number of nitrogens with zero attached hydrogens (tertiary/aromatic N) is 3. The summed E-state index contributed by atoms with van der Waals surface area (Å²) in [7, 11) is 3.30. The zero-order valence-corrected chi connectivity index (χ0v) is 28.5. The van der Waals surface area contributed by atoms with E-state index in [2.05, 4.69) is 51.4 Å². The fourth-order valence-corrected chi connectivity index (χ4v) is 7.42. The highest BCUT2D eigenvalue weighted by Crippen LogP contribution is 2.38. The van der Waals surface area contributed by atoms with Gasteiger partial charge >= 0.3 is 5.97 Å². The van der Waals surface area contributed by atoms with Crippen LogP contribution < -0.4 is 14.4 Å². The Balaban J connectivity index is 1.35. The standard InChI is InChI=1S/C34H41ClIN3O5/c1-4-24(11-14-36)38-15-12-23-17-22(18-30(42-2)27(23)19-38)21-44-33-25(7-5-8-28(33)35)29-9-6-10-32(37-29)39-16-13-26(34(40)41)31(20-39)43-3/h5-10,17-18,24,26,31H,4,11-16,19-21H2,1-3H3,(H,40,41)/t24?,26-,31+/m1/s1. The number of aromatic nitrogens is 1. The topological polar surface area (TPSA) is 84.4 Å². The molecule has 5 rings (SSSR count). The van der Waals surface area contributed by atoms with Crippen molar-refractivity contribution in [1.29, 1.82) is 0 Å². The Bertz CT molecular complexity index is 1440. The molecule has 0 saturated carbocycles. The van der Waals surface area contributed by atoms with Crippen LogP contribution in [0.3, 0.4) is 0 Å². The van der Waals surface area contributed by atoms with Crippen molar-refractivity contribution in [2.75, 3.05) is 43.2 Å². The maximum atomic E-state index is 11.7. The van der Waals surface area contributed by atoms with E-state index < -0.39 is 18.0 Å². The first-order valence-electron chi connectivity index (χ1n) is 15.2. The molecule has 0 bridgehead atoms. The molecule has 2 aliphatic heterocycles. The second kappa shape index (κ2) is 15.1. The Labute approximate surface area is 278 Å². The van der Waals surface area contributed by atoms with Crippen LogP contribution in [0.1, 0.15) is 42.9 Å². The van der Waals surface area contributed by atoms with E-state index in [1.54, 1.807) is 14.2 Å². The Morgan fingerprint density at radius 1 is 1.18 bits per heavy atom. The van der Waals surface area contributed by atoms with Gasteiger partial charge in [-0.15, -0.1) is 0 Å². The van der Waals surface area contributed by atoms with Gasteiger partial charge in [0.1, 0.15) is 23.9 Å². The van der Waals surface area contributed by atoms with Crippen LogP contribution in [-0.4, -0.2) is 71.4 Å². The summed E-state index contributed by atoms with van der Waals surface area (Å²) in [5.41, 5.74) is 5.15. The molecule has 0 spiro atoms. The Morgan fingerprint density at radius 2 is 2.00 bits per heavy atom. The van der Waals surface area contributed by atoms with Crippen LogP contribution in [0.2, 0.25) is 5.02 Å². The number of carboxylic acids is 1. The molecule has 3 atom stereocenters. The van der Waals surface area contributed by atoms with Crippen LogP contribution in [0, 0.1) is 5.92 Å². The fraction of sp³-hybridized carbons (Fsp3) is 0.471. The van der Waals surface area contributed by atoms with E-state index in [4.69, 9.17) is 30.8 Å². The molecule has 3 aromatic rings. The van der Waals surface area contributed by atoms with Crippen LogP contribution in [0.15, 0.2) is 48.5 Å². The maximum Gasteiger partial charge on any atom is 0.309 e. The number of rotatable bonds is 12. The van der Waals surface area contributed by atoms with Crippen molar-refractivity contribution in [2.24, 2.45) is 5.92 Å². The van der Waals surface area contributed by atoms with Crippen LogP contribution >= 0.6 is 34.2 Å². The molecule has 44 heavy (non-hydrogen) atoms. The van der Waals surface area contributed by atoms with Crippen molar-refractivity contribution in [3.8, 4) is 22.8 Å². The molecule has 2 aliphatic rings. The van der Waals surface area contributed by atoms with Gasteiger partial charge in [-0.1, -0.05) is 59.3 Å². The number of benzene rings is 2. The number of alkyl halides is 1. The quantitative estimate of drug-likeness (QED) is 0.160. The van der Waals surface area contributed by atoms with E-state index in [1.165, 1.54) is 17.5 Å². The first-order chi connectivity index (χ1) is 21.4. The minimum Gasteiger partial charge on any atom is -0.496 e. The summed E-state index contributed by atoms with van der Waals surface area (Å²) in [6.07, 6.45) is 3.43. The van der Waals surface area contributed by atoms with Gasteiger partial charge in [0.05, 0.1) is 29.8 Å². The molecule has 0 aliphatic carbocycles. The van der Waals surface area contributed by atoms with Crippen LogP contribution in [0.4, 0.5) is 5.82 Å². The predicted molar refractivity (Wildman–Crippen MR) is 182 cm³/mol. The van der Waals surface area contributed by atoms with Crippen molar-refractivity contribution >= 4 is 46.0 Å². The molecule has 0 amide bonds. The summed E-state index contributed by atoms with van der Waals surface area (Å²) in [6, 6.07) is 16.4. The number of hydrogen-bond donors (Lipinski definition) is 1. The summed E-state index contributed by atoms with van der Waals surface area (Å²) in [5.74, 6) is 0.893. The van der Waals surface area contributed by atoms with E-state index in [0.29, 0.717) is 42.9 Å². The summed E-state index contributed by atoms with van der Waals surface area (Å²) in [5, 5.41) is 10.1. The molecule has 1 N–H and O–H groups in total. The van der Waals surface area contributed by atoms with Gasteiger partial charge in [-0.3, -0.25) is 9.69 Å². The third kappa shape index (κ3) is 7.27. The average molecular weight is 734 g/mol. The number of piperidine rings is 1. The lowest BCUT2D eigenvalue weighted by molar-refractivity contribution is -0.147. The van der Waals surface area contributed by atoms with Crippen molar-refractivity contribution in [1.82, 2.24) is 9.88 Å². The zero-order valence-electron chi connectivity index (χ0n) is 25.6. The number of halogens is 2. The summed E-state index contributed by atoms with van der Waals surface area (Å²) < 4.78 is 19.0. The Morgan fingerprint density at radius 3 is 2.73 bits per heavy atom. The predicted octanol–water partition coefficient (Wildman–Crippen LogP) is 6.88. The Hall–Kier alpha value is -2.60. The SMILES string of the molecule is CCC(CCI)N1CCc2cc(COc3c(Cl)cccc3-c3cccc(N4CC[C@@H](C(=O)O)[C@@H](OC)C4)n3)cc(OC)c2C1. The largest absolute Gasteiger partial charge is 0.496 e. The molecule has 8 nitrogen and oxygen atoms in total. The van der Waals surface area contributed by atoms with Gasteiger partial charge in [0.2, 0.25) is 0 Å². The van der Waals surface area contributed by atoms with E-state index in [9.17, 15) is 9.90 Å². The second-order valence-corrected chi connectivity index (χ2v) is 12.9. The third-order valence-corrected chi connectivity index (χ3v) is 9.82. The van der Waals surface area contributed by atoms with Gasteiger partial charge in [0, 0.05) is 54.9 Å². The highest BCUT2D eigenvalue weighted by molar-refractivity contribution is 14.1. The highest BCUT2D eigenvalue weighted by atomic mass is 127. The number of hydrogen-bond acceptors (Lipinski definition) is 7. The number of aliphatic carboxylic acids is 1. The minimum absolute atomic E-state index is 0.342. The lowest BCUT2D eigenvalue weighted by atomic mass is 9.94.